The van der Waals surface area contributed by atoms with E-state index in [0.717, 1.165) is 6.08 Å². The number of aliphatic carboxylic acids is 1. The average molecular weight is 281 g/mol. The van der Waals surface area contributed by atoms with Gasteiger partial charge in [-0.2, -0.15) is 0 Å². The lowest BCUT2D eigenvalue weighted by atomic mass is 10.2. The summed E-state index contributed by atoms with van der Waals surface area (Å²) >= 11 is 0. The summed E-state index contributed by atoms with van der Waals surface area (Å²) in [7, 11) is 1.55. The van der Waals surface area contributed by atoms with Crippen LogP contribution >= 0.6 is 0 Å². The van der Waals surface area contributed by atoms with Crippen LogP contribution in [0.3, 0.4) is 0 Å². The van der Waals surface area contributed by atoms with Crippen LogP contribution in [0.1, 0.15) is 18.4 Å². The normalized spacial score (nSPS) is 10.5. The van der Waals surface area contributed by atoms with E-state index in [4.69, 9.17) is 9.84 Å². The zero-order chi connectivity index (χ0) is 15.0. The molecule has 2 N–H and O–H groups in total. The number of benzene rings is 1. The van der Waals surface area contributed by atoms with Crippen LogP contribution < -0.4 is 10.1 Å². The molecule has 1 amide bonds. The first-order chi connectivity index (χ1) is 9.51. The minimum Gasteiger partial charge on any atom is -0.493 e. The maximum absolute atomic E-state index is 13.3. The fourth-order valence-electron chi connectivity index (χ4n) is 1.48. The van der Waals surface area contributed by atoms with Gasteiger partial charge in [0.2, 0.25) is 5.91 Å². The van der Waals surface area contributed by atoms with Gasteiger partial charge >= 0.3 is 5.97 Å². The van der Waals surface area contributed by atoms with Crippen molar-refractivity contribution in [3.05, 3.63) is 35.7 Å². The zero-order valence-corrected chi connectivity index (χ0v) is 11.1. The van der Waals surface area contributed by atoms with Crippen LogP contribution in [-0.4, -0.2) is 30.6 Å². The minimum atomic E-state index is -1.11. The summed E-state index contributed by atoms with van der Waals surface area (Å²) in [5.41, 5.74) is 0.397. The van der Waals surface area contributed by atoms with Crippen molar-refractivity contribution in [2.45, 2.75) is 12.8 Å². The van der Waals surface area contributed by atoms with E-state index in [-0.39, 0.29) is 12.5 Å². The third-order valence-corrected chi connectivity index (χ3v) is 2.41. The predicted octanol–water partition coefficient (Wildman–Crippen LogP) is 1.83. The van der Waals surface area contributed by atoms with Gasteiger partial charge in [0.05, 0.1) is 6.61 Å². The SMILES string of the molecule is CNC(=O)CCCOc1cc(F)cc(/C=C/C(=O)O)c1. The Kier molecular flexibility index (Phi) is 6.22. The maximum atomic E-state index is 13.3. The van der Waals surface area contributed by atoms with Crippen LogP contribution in [0.5, 0.6) is 5.75 Å². The summed E-state index contributed by atoms with van der Waals surface area (Å²) < 4.78 is 18.6. The van der Waals surface area contributed by atoms with Gasteiger partial charge in [-0.05, 0) is 30.2 Å². The fourth-order valence-corrected chi connectivity index (χ4v) is 1.48. The molecule has 0 bridgehead atoms. The number of carbonyl (C=O) groups is 2. The van der Waals surface area contributed by atoms with Gasteiger partial charge in [0.25, 0.3) is 0 Å². The molecular formula is C14H16FNO4. The van der Waals surface area contributed by atoms with Gasteiger partial charge in [-0.1, -0.05) is 0 Å². The molecule has 108 valence electrons. The first-order valence-corrected chi connectivity index (χ1v) is 6.06. The molecular weight excluding hydrogens is 265 g/mol. The van der Waals surface area contributed by atoms with E-state index in [1.807, 2.05) is 0 Å². The molecule has 1 rings (SSSR count). The van der Waals surface area contributed by atoms with Crippen molar-refractivity contribution in [3.8, 4) is 5.75 Å². The lowest BCUT2D eigenvalue weighted by Crippen LogP contribution is -2.18. The van der Waals surface area contributed by atoms with Gasteiger partial charge in [0.15, 0.2) is 0 Å². The van der Waals surface area contributed by atoms with E-state index in [9.17, 15) is 14.0 Å². The first kappa shape index (κ1) is 15.7. The molecule has 0 saturated heterocycles. The molecule has 0 unspecified atom stereocenters. The zero-order valence-electron chi connectivity index (χ0n) is 11.1. The Bertz CT molecular complexity index is 514. The lowest BCUT2D eigenvalue weighted by Gasteiger charge is -2.07. The van der Waals surface area contributed by atoms with Crippen LogP contribution in [0.4, 0.5) is 4.39 Å². The van der Waals surface area contributed by atoms with Crippen LogP contribution in [0.25, 0.3) is 6.08 Å². The molecule has 0 aliphatic rings. The molecule has 0 saturated carbocycles. The monoisotopic (exact) mass is 281 g/mol. The van der Waals surface area contributed by atoms with Gasteiger partial charge < -0.3 is 15.2 Å². The molecule has 6 heteroatoms. The molecule has 1 aromatic carbocycles. The van der Waals surface area contributed by atoms with E-state index in [1.165, 1.54) is 24.3 Å². The van der Waals surface area contributed by atoms with Crippen LogP contribution in [0.15, 0.2) is 24.3 Å². The Morgan fingerprint density at radius 3 is 2.80 bits per heavy atom. The molecule has 20 heavy (non-hydrogen) atoms. The summed E-state index contributed by atoms with van der Waals surface area (Å²) in [4.78, 5) is 21.4. The fraction of sp³-hybridized carbons (Fsp3) is 0.286. The van der Waals surface area contributed by atoms with Crippen LogP contribution in [0, 0.1) is 5.82 Å². The number of hydrogen-bond acceptors (Lipinski definition) is 3. The van der Waals surface area contributed by atoms with Gasteiger partial charge in [-0.25, -0.2) is 9.18 Å². The summed E-state index contributed by atoms with van der Waals surface area (Å²) in [5, 5.41) is 11.0. The van der Waals surface area contributed by atoms with E-state index in [2.05, 4.69) is 5.32 Å². The van der Waals surface area contributed by atoms with Crippen molar-refractivity contribution in [3.63, 3.8) is 0 Å². The number of carboxylic acids is 1. The first-order valence-electron chi connectivity index (χ1n) is 6.06. The number of halogens is 1. The topological polar surface area (TPSA) is 75.6 Å². The van der Waals surface area contributed by atoms with Gasteiger partial charge in [0.1, 0.15) is 11.6 Å². The Morgan fingerprint density at radius 1 is 1.40 bits per heavy atom. The van der Waals surface area contributed by atoms with E-state index >= 15 is 0 Å². The number of carbonyl (C=O) groups excluding carboxylic acids is 1. The highest BCUT2D eigenvalue weighted by molar-refractivity contribution is 5.85. The molecule has 0 aromatic heterocycles. The second kappa shape index (κ2) is 7.93. The van der Waals surface area contributed by atoms with Crippen LogP contribution in [-0.2, 0) is 9.59 Å². The van der Waals surface area contributed by atoms with E-state index in [1.54, 1.807) is 7.05 Å². The van der Waals surface area contributed by atoms with Gasteiger partial charge in [-0.15, -0.1) is 0 Å². The standard InChI is InChI=1S/C14H16FNO4/c1-16-13(17)3-2-6-20-12-8-10(4-5-14(18)19)7-11(15)9-12/h4-5,7-9H,2-3,6H2,1H3,(H,16,17)(H,18,19)/b5-4+. The summed E-state index contributed by atoms with van der Waals surface area (Å²) in [6.45, 7) is 0.277. The number of rotatable bonds is 7. The number of nitrogens with one attached hydrogen (secondary N) is 1. The number of amides is 1. The lowest BCUT2D eigenvalue weighted by molar-refractivity contribution is -0.131. The Morgan fingerprint density at radius 2 is 2.15 bits per heavy atom. The quantitative estimate of drug-likeness (QED) is 0.590. The summed E-state index contributed by atoms with van der Waals surface area (Å²) in [6, 6.07) is 3.94. The molecule has 1 aromatic rings. The van der Waals surface area contributed by atoms with Crippen molar-refractivity contribution >= 4 is 18.0 Å². The van der Waals surface area contributed by atoms with E-state index in [0.29, 0.717) is 24.2 Å². The second-order valence-electron chi connectivity index (χ2n) is 4.02. The Hall–Kier alpha value is -2.37. The van der Waals surface area contributed by atoms with Crippen molar-refractivity contribution in [1.29, 1.82) is 0 Å². The highest BCUT2D eigenvalue weighted by Gasteiger charge is 2.02. The molecule has 0 spiro atoms. The van der Waals surface area contributed by atoms with Crippen molar-refractivity contribution in [2.24, 2.45) is 0 Å². The highest BCUT2D eigenvalue weighted by atomic mass is 19.1. The van der Waals surface area contributed by atoms with Gasteiger partial charge in [0, 0.05) is 25.6 Å². The van der Waals surface area contributed by atoms with Gasteiger partial charge in [-0.3, -0.25) is 4.79 Å². The highest BCUT2D eigenvalue weighted by Crippen LogP contribution is 2.18. The predicted molar refractivity (Wildman–Crippen MR) is 71.9 cm³/mol. The molecule has 0 fully saturated rings. The number of ether oxygens (including phenoxy) is 1. The minimum absolute atomic E-state index is 0.0853. The average Bonchev–Trinajstić information content (AvgIpc) is 2.40. The Labute approximate surface area is 116 Å². The van der Waals surface area contributed by atoms with Crippen molar-refractivity contribution in [1.82, 2.24) is 5.32 Å². The molecule has 0 radical (unpaired) electrons. The summed E-state index contributed by atoms with van der Waals surface area (Å²) in [6.07, 6.45) is 3.04. The molecule has 0 aliphatic heterocycles. The van der Waals surface area contributed by atoms with Crippen LogP contribution in [0.2, 0.25) is 0 Å². The summed E-state index contributed by atoms with van der Waals surface area (Å²) in [5.74, 6) is -1.41. The molecule has 0 atom stereocenters. The van der Waals surface area contributed by atoms with Crippen molar-refractivity contribution < 1.29 is 23.8 Å². The van der Waals surface area contributed by atoms with E-state index < -0.39 is 11.8 Å². The third-order valence-electron chi connectivity index (χ3n) is 2.41. The second-order valence-corrected chi connectivity index (χ2v) is 4.02. The van der Waals surface area contributed by atoms with Crippen molar-refractivity contribution in [2.75, 3.05) is 13.7 Å². The largest absolute Gasteiger partial charge is 0.493 e. The number of carboxylic acid groups (broad SMARTS) is 1. The Balaban J connectivity index is 2.57. The number of hydrogen-bond donors (Lipinski definition) is 2. The molecule has 0 aliphatic carbocycles. The molecule has 0 heterocycles. The third kappa shape index (κ3) is 5.99. The molecule has 5 nitrogen and oxygen atoms in total. The maximum Gasteiger partial charge on any atom is 0.328 e. The smallest absolute Gasteiger partial charge is 0.328 e.